The van der Waals surface area contributed by atoms with Crippen LogP contribution in [0.25, 0.3) is 64.9 Å². The van der Waals surface area contributed by atoms with Crippen molar-refractivity contribution in [2.45, 2.75) is 32.1 Å². The highest BCUT2D eigenvalue weighted by Crippen LogP contribution is 2.51. The van der Waals surface area contributed by atoms with Crippen molar-refractivity contribution in [2.75, 3.05) is 4.90 Å². The Balaban J connectivity index is 1.04. The predicted molar refractivity (Wildman–Crippen MR) is 221 cm³/mol. The van der Waals surface area contributed by atoms with E-state index in [0.717, 1.165) is 35.4 Å². The summed E-state index contributed by atoms with van der Waals surface area (Å²) in [5.41, 5.74) is 16.1. The van der Waals surface area contributed by atoms with Gasteiger partial charge in [-0.25, -0.2) is 0 Å². The zero-order valence-corrected chi connectivity index (χ0v) is 29.9. The van der Waals surface area contributed by atoms with Gasteiger partial charge in [0.1, 0.15) is 11.2 Å². The van der Waals surface area contributed by atoms with Crippen molar-refractivity contribution in [1.29, 1.82) is 0 Å². The third kappa shape index (κ3) is 4.36. The molecule has 2 aliphatic rings. The molecule has 0 bridgehead atoms. The Kier molecular flexibility index (Phi) is 6.33. The first-order chi connectivity index (χ1) is 25.5. The summed E-state index contributed by atoms with van der Waals surface area (Å²) in [6.45, 7) is 4.70. The molecule has 52 heavy (non-hydrogen) atoms. The highest BCUT2D eigenvalue weighted by atomic mass is 32.1. The van der Waals surface area contributed by atoms with Crippen LogP contribution >= 0.6 is 11.3 Å². The van der Waals surface area contributed by atoms with Gasteiger partial charge in [-0.3, -0.25) is 0 Å². The van der Waals surface area contributed by atoms with E-state index in [-0.39, 0.29) is 5.41 Å². The lowest BCUT2D eigenvalue weighted by atomic mass is 9.82. The maximum Gasteiger partial charge on any atom is 0.136 e. The third-order valence-electron chi connectivity index (χ3n) is 11.6. The van der Waals surface area contributed by atoms with Crippen molar-refractivity contribution in [3.63, 3.8) is 0 Å². The third-order valence-corrected chi connectivity index (χ3v) is 12.7. The Labute approximate surface area is 306 Å². The second kappa shape index (κ2) is 11.0. The number of hydrogen-bond acceptors (Lipinski definition) is 3. The number of hydrogen-bond donors (Lipinski definition) is 0. The molecule has 2 heterocycles. The molecule has 0 radical (unpaired) electrons. The van der Waals surface area contributed by atoms with E-state index in [1.54, 1.807) is 0 Å². The first-order valence-electron chi connectivity index (χ1n) is 18.2. The van der Waals surface area contributed by atoms with Gasteiger partial charge < -0.3 is 9.32 Å². The number of thiophene rings is 1. The van der Waals surface area contributed by atoms with Gasteiger partial charge in [0.25, 0.3) is 0 Å². The van der Waals surface area contributed by atoms with Gasteiger partial charge in [-0.2, -0.15) is 0 Å². The largest absolute Gasteiger partial charge is 0.456 e. The Morgan fingerprint density at radius 1 is 0.558 bits per heavy atom. The molecular formula is C49H35NOS. The molecule has 0 fully saturated rings. The van der Waals surface area contributed by atoms with Gasteiger partial charge in [0.05, 0.1) is 0 Å². The quantitative estimate of drug-likeness (QED) is 0.183. The second-order valence-corrected chi connectivity index (χ2v) is 15.9. The van der Waals surface area contributed by atoms with Crippen LogP contribution in [-0.4, -0.2) is 0 Å². The van der Waals surface area contributed by atoms with Crippen LogP contribution in [0, 0.1) is 0 Å². The summed E-state index contributed by atoms with van der Waals surface area (Å²) in [7, 11) is 0. The summed E-state index contributed by atoms with van der Waals surface area (Å²) in [5.74, 6) is 0. The number of nitrogens with zero attached hydrogens (tertiary/aromatic N) is 1. The Morgan fingerprint density at radius 3 is 2.17 bits per heavy atom. The van der Waals surface area contributed by atoms with Crippen LogP contribution in [0.15, 0.2) is 150 Å². The van der Waals surface area contributed by atoms with E-state index in [9.17, 15) is 0 Å². The fraction of sp³-hybridized carbons (Fsp3) is 0.102. The Morgan fingerprint density at radius 2 is 1.27 bits per heavy atom. The molecule has 2 nitrogen and oxygen atoms in total. The Hall–Kier alpha value is -5.90. The Bertz CT molecular complexity index is 2940. The smallest absolute Gasteiger partial charge is 0.136 e. The number of rotatable bonds is 4. The van der Waals surface area contributed by atoms with E-state index in [1.807, 2.05) is 17.4 Å². The number of fused-ring (bicyclic) bond motifs is 11. The number of aryl methyl sites for hydroxylation is 1. The summed E-state index contributed by atoms with van der Waals surface area (Å²) in [4.78, 5) is 2.44. The van der Waals surface area contributed by atoms with Crippen LogP contribution in [-0.2, 0) is 11.8 Å². The standard InChI is InChI=1S/C49H35NOS/c1-49(2)42-12-6-3-9-36(42)41-28-34(23-25-43(41)49)50(35-22-24-38-37-10-5-8-14-46(37)52-47(38)29-35)33-20-17-30(18-21-33)32-16-15-31-19-26-45-48(40(31)27-32)39-11-4-7-13-44(39)51-45/h3-14,17-29H,15-16H2,1-2H3. The molecule has 0 saturated carbocycles. The zero-order chi connectivity index (χ0) is 34.6. The minimum Gasteiger partial charge on any atom is -0.456 e. The molecule has 248 valence electrons. The summed E-state index contributed by atoms with van der Waals surface area (Å²) in [6, 6.07) is 53.7. The fourth-order valence-corrected chi connectivity index (χ4v) is 10.1. The molecular weight excluding hydrogens is 651 g/mol. The lowest BCUT2D eigenvalue weighted by Gasteiger charge is -2.27. The summed E-state index contributed by atoms with van der Waals surface area (Å²) >= 11 is 1.87. The number of para-hydroxylation sites is 1. The minimum atomic E-state index is -0.0341. The highest BCUT2D eigenvalue weighted by molar-refractivity contribution is 7.25. The molecule has 2 aliphatic carbocycles. The van der Waals surface area contributed by atoms with E-state index in [4.69, 9.17) is 4.42 Å². The SMILES string of the molecule is CC1(C)c2ccccc2-c2cc(N(c3ccc(C4=Cc5c(ccc6oc7ccccc7c56)CC4)cc3)c3ccc4c(c3)sc3ccccc34)ccc21. The molecule has 0 aliphatic heterocycles. The van der Waals surface area contributed by atoms with Gasteiger partial charge in [0.15, 0.2) is 0 Å². The first-order valence-corrected chi connectivity index (χ1v) is 19.0. The molecule has 9 aromatic rings. The van der Waals surface area contributed by atoms with Crippen molar-refractivity contribution < 1.29 is 4.42 Å². The van der Waals surface area contributed by atoms with Crippen LogP contribution in [0.2, 0.25) is 0 Å². The van der Waals surface area contributed by atoms with Crippen LogP contribution in [0.5, 0.6) is 0 Å². The summed E-state index contributed by atoms with van der Waals surface area (Å²) in [6.07, 6.45) is 4.44. The molecule has 3 heteroatoms. The molecule has 0 atom stereocenters. The number of benzene rings is 7. The number of furan rings is 1. The van der Waals surface area contributed by atoms with Crippen LogP contribution < -0.4 is 4.90 Å². The number of allylic oxidation sites excluding steroid dienone is 1. The lowest BCUT2D eigenvalue weighted by molar-refractivity contribution is 0.660. The second-order valence-electron chi connectivity index (χ2n) is 14.8. The summed E-state index contributed by atoms with van der Waals surface area (Å²) < 4.78 is 8.88. The van der Waals surface area contributed by atoms with Crippen LogP contribution in [0.4, 0.5) is 17.1 Å². The molecule has 7 aromatic carbocycles. The van der Waals surface area contributed by atoms with E-state index in [2.05, 4.69) is 164 Å². The van der Waals surface area contributed by atoms with Crippen LogP contribution in [0.3, 0.4) is 0 Å². The molecule has 0 amide bonds. The molecule has 0 spiro atoms. The van der Waals surface area contributed by atoms with Gasteiger partial charge >= 0.3 is 0 Å². The minimum absolute atomic E-state index is 0.0341. The highest BCUT2D eigenvalue weighted by Gasteiger charge is 2.35. The maximum atomic E-state index is 6.25. The average molecular weight is 686 g/mol. The lowest BCUT2D eigenvalue weighted by Crippen LogP contribution is -2.15. The monoisotopic (exact) mass is 685 g/mol. The zero-order valence-electron chi connectivity index (χ0n) is 29.1. The average Bonchev–Trinajstić information content (AvgIpc) is 3.83. The number of anilines is 3. The molecule has 0 N–H and O–H groups in total. The van der Waals surface area contributed by atoms with Crippen molar-refractivity contribution in [3.05, 3.63) is 173 Å². The van der Waals surface area contributed by atoms with Gasteiger partial charge in [0, 0.05) is 53.4 Å². The van der Waals surface area contributed by atoms with Crippen molar-refractivity contribution >= 4 is 82.2 Å². The fourth-order valence-electron chi connectivity index (χ4n) is 8.99. The van der Waals surface area contributed by atoms with Crippen molar-refractivity contribution in [1.82, 2.24) is 0 Å². The van der Waals surface area contributed by atoms with E-state index in [1.165, 1.54) is 81.1 Å². The molecule has 2 aromatic heterocycles. The maximum absolute atomic E-state index is 6.25. The molecule has 11 rings (SSSR count). The van der Waals surface area contributed by atoms with E-state index in [0.29, 0.717) is 0 Å². The summed E-state index contributed by atoms with van der Waals surface area (Å²) in [5, 5.41) is 5.05. The first kappa shape index (κ1) is 29.8. The molecule has 0 unspecified atom stereocenters. The topological polar surface area (TPSA) is 16.4 Å². The van der Waals surface area contributed by atoms with Gasteiger partial charge in [0.2, 0.25) is 0 Å². The normalized spacial score (nSPS) is 14.5. The van der Waals surface area contributed by atoms with Gasteiger partial charge in [-0.05, 0) is 112 Å². The predicted octanol–water partition coefficient (Wildman–Crippen LogP) is 14.2. The van der Waals surface area contributed by atoms with Crippen molar-refractivity contribution in [2.24, 2.45) is 0 Å². The van der Waals surface area contributed by atoms with E-state index < -0.39 is 0 Å². The molecule has 0 saturated heterocycles. The van der Waals surface area contributed by atoms with Crippen LogP contribution in [0.1, 0.15) is 48.1 Å². The van der Waals surface area contributed by atoms with Gasteiger partial charge in [-0.1, -0.05) is 111 Å². The van der Waals surface area contributed by atoms with Gasteiger partial charge in [-0.15, -0.1) is 11.3 Å². The van der Waals surface area contributed by atoms with Crippen molar-refractivity contribution in [3.8, 4) is 11.1 Å². The van der Waals surface area contributed by atoms with E-state index >= 15 is 0 Å².